The van der Waals surface area contributed by atoms with E-state index in [1.807, 2.05) is 12.1 Å². The largest absolute Gasteiger partial charge is 0.495 e. The molecule has 0 radical (unpaired) electrons. The molecule has 9 nitrogen and oxygen atoms in total. The van der Waals surface area contributed by atoms with Crippen LogP contribution in [0.4, 0.5) is 11.8 Å². The zero-order valence-corrected chi connectivity index (χ0v) is 17.2. The third-order valence-electron chi connectivity index (χ3n) is 3.87. The molecule has 1 heterocycles. The van der Waals surface area contributed by atoms with Crippen molar-refractivity contribution in [2.75, 3.05) is 38.3 Å². The maximum Gasteiger partial charge on any atom is 0.304 e. The highest BCUT2D eigenvalue weighted by Crippen LogP contribution is 2.36. The van der Waals surface area contributed by atoms with E-state index >= 15 is 0 Å². The van der Waals surface area contributed by atoms with Crippen LogP contribution in [0.2, 0.25) is 0 Å². The molecule has 0 amide bonds. The highest BCUT2D eigenvalue weighted by molar-refractivity contribution is 9.10. The summed E-state index contributed by atoms with van der Waals surface area (Å²) in [5.41, 5.74) is 13.1. The first-order chi connectivity index (χ1) is 13.4. The molecule has 10 heteroatoms. The molecule has 6 N–H and O–H groups in total. The van der Waals surface area contributed by atoms with Crippen LogP contribution in [0.3, 0.4) is 0 Å². The lowest BCUT2D eigenvalue weighted by atomic mass is 10.1. The topological polar surface area (TPSA) is 146 Å². The Bertz CT molecular complexity index is 819. The summed E-state index contributed by atoms with van der Waals surface area (Å²) in [6, 6.07) is 3.79. The van der Waals surface area contributed by atoms with Crippen molar-refractivity contribution < 1.29 is 19.4 Å². The van der Waals surface area contributed by atoms with E-state index in [9.17, 15) is 4.79 Å². The Morgan fingerprint density at radius 1 is 1.29 bits per heavy atom. The van der Waals surface area contributed by atoms with Gasteiger partial charge in [-0.1, -0.05) is 0 Å². The van der Waals surface area contributed by atoms with Crippen LogP contribution in [-0.2, 0) is 11.2 Å². The number of nitrogens with two attached hydrogens (primary N) is 2. The van der Waals surface area contributed by atoms with E-state index < -0.39 is 5.97 Å². The van der Waals surface area contributed by atoms with E-state index in [-0.39, 0.29) is 12.4 Å². The van der Waals surface area contributed by atoms with Gasteiger partial charge in [-0.2, -0.15) is 4.98 Å². The molecule has 0 saturated carbocycles. The minimum absolute atomic E-state index is 0.101. The predicted octanol–water partition coefficient (Wildman–Crippen LogP) is 1.84. The lowest BCUT2D eigenvalue weighted by molar-refractivity contribution is -0.136. The van der Waals surface area contributed by atoms with Gasteiger partial charge in [0.15, 0.2) is 0 Å². The second kappa shape index (κ2) is 10.7. The van der Waals surface area contributed by atoms with Crippen LogP contribution in [-0.4, -0.2) is 47.8 Å². The molecular weight excluding hydrogens is 430 g/mol. The monoisotopic (exact) mass is 453 g/mol. The Hall–Kier alpha value is -2.59. The second-order valence-electron chi connectivity index (χ2n) is 6.02. The van der Waals surface area contributed by atoms with Gasteiger partial charge in [-0.3, -0.25) is 4.79 Å². The number of hydrogen-bond donors (Lipinski definition) is 4. The molecule has 0 saturated heterocycles. The van der Waals surface area contributed by atoms with Gasteiger partial charge in [-0.05, 0) is 46.6 Å². The number of anilines is 2. The first-order valence-electron chi connectivity index (χ1n) is 8.69. The number of hydrogen-bond acceptors (Lipinski definition) is 8. The number of methoxy groups -OCH3 is 1. The number of carboxylic acids is 1. The van der Waals surface area contributed by atoms with Crippen LogP contribution in [0.15, 0.2) is 22.8 Å². The molecular formula is C18H24BrN5O4. The zero-order valence-electron chi connectivity index (χ0n) is 15.6. The Labute approximate surface area is 171 Å². The number of benzene rings is 1. The number of nitrogens with zero attached hydrogens (tertiary/aromatic N) is 2. The van der Waals surface area contributed by atoms with Gasteiger partial charge in [-0.15, -0.1) is 0 Å². The number of carboxylic acid groups (broad SMARTS) is 1. The summed E-state index contributed by atoms with van der Waals surface area (Å²) in [6.07, 6.45) is 2.94. The summed E-state index contributed by atoms with van der Waals surface area (Å²) in [4.78, 5) is 18.4. The number of rotatable bonds is 11. The fourth-order valence-electron chi connectivity index (χ4n) is 2.47. The van der Waals surface area contributed by atoms with E-state index in [1.165, 1.54) is 0 Å². The lowest BCUT2D eigenvalue weighted by Gasteiger charge is -2.14. The summed E-state index contributed by atoms with van der Waals surface area (Å²) in [5.74, 6) is 0.945. The number of aliphatic carboxylic acids is 1. The third kappa shape index (κ3) is 6.54. The Kier molecular flexibility index (Phi) is 8.27. The minimum Gasteiger partial charge on any atom is -0.495 e. The van der Waals surface area contributed by atoms with Crippen molar-refractivity contribution in [1.29, 1.82) is 0 Å². The average molecular weight is 454 g/mol. The number of nitrogens with one attached hydrogen (secondary N) is 1. The average Bonchev–Trinajstić information content (AvgIpc) is 2.65. The van der Waals surface area contributed by atoms with Crippen LogP contribution in [0.1, 0.15) is 24.0 Å². The first kappa shape index (κ1) is 21.7. The van der Waals surface area contributed by atoms with Gasteiger partial charge in [0.2, 0.25) is 5.95 Å². The molecule has 28 heavy (non-hydrogen) atoms. The minimum atomic E-state index is -0.816. The molecule has 0 unspecified atom stereocenters. The Morgan fingerprint density at radius 3 is 2.71 bits per heavy atom. The molecule has 0 spiro atoms. The molecule has 0 fully saturated rings. The Morgan fingerprint density at radius 2 is 2.04 bits per heavy atom. The molecule has 2 rings (SSSR count). The third-order valence-corrected chi connectivity index (χ3v) is 4.65. The van der Waals surface area contributed by atoms with Crippen molar-refractivity contribution in [3.05, 3.63) is 33.9 Å². The van der Waals surface area contributed by atoms with E-state index in [4.69, 9.17) is 26.0 Å². The van der Waals surface area contributed by atoms with Crippen LogP contribution in [0.5, 0.6) is 11.5 Å². The molecule has 0 aliphatic heterocycles. The van der Waals surface area contributed by atoms with Crippen LogP contribution in [0.25, 0.3) is 0 Å². The van der Waals surface area contributed by atoms with Crippen LogP contribution < -0.4 is 26.3 Å². The zero-order chi connectivity index (χ0) is 20.5. The van der Waals surface area contributed by atoms with Crippen LogP contribution >= 0.6 is 15.9 Å². The van der Waals surface area contributed by atoms with Gasteiger partial charge in [0.1, 0.15) is 21.8 Å². The van der Waals surface area contributed by atoms with Gasteiger partial charge in [0.25, 0.3) is 0 Å². The summed E-state index contributed by atoms with van der Waals surface area (Å²) in [6.45, 7) is 1.58. The second-order valence-corrected chi connectivity index (χ2v) is 6.81. The van der Waals surface area contributed by atoms with Crippen molar-refractivity contribution in [2.24, 2.45) is 0 Å². The number of nitrogen functional groups attached to an aromatic ring is 2. The van der Waals surface area contributed by atoms with Gasteiger partial charge in [0, 0.05) is 24.7 Å². The summed E-state index contributed by atoms with van der Waals surface area (Å²) in [7, 11) is 1.58. The van der Waals surface area contributed by atoms with Crippen molar-refractivity contribution >= 4 is 33.7 Å². The smallest absolute Gasteiger partial charge is 0.304 e. The van der Waals surface area contributed by atoms with Crippen molar-refractivity contribution in [2.45, 2.75) is 19.3 Å². The molecule has 0 atom stereocenters. The highest BCUT2D eigenvalue weighted by Gasteiger charge is 2.13. The van der Waals surface area contributed by atoms with Crippen molar-refractivity contribution in [3.63, 3.8) is 0 Å². The molecule has 0 aliphatic carbocycles. The molecule has 1 aromatic carbocycles. The molecule has 0 bridgehead atoms. The maximum atomic E-state index is 10.5. The summed E-state index contributed by atoms with van der Waals surface area (Å²) in [5, 5.41) is 11.7. The van der Waals surface area contributed by atoms with E-state index in [0.717, 1.165) is 22.0 Å². The number of aromatic nitrogens is 2. The molecule has 1 aromatic heterocycles. The first-order valence-corrected chi connectivity index (χ1v) is 9.48. The molecule has 152 valence electrons. The SMILES string of the molecule is COc1cc(Cc2cnc(N)nc2N)cc(OCCCNCCC(=O)O)c1Br. The maximum absolute atomic E-state index is 10.5. The van der Waals surface area contributed by atoms with E-state index in [1.54, 1.807) is 13.3 Å². The predicted molar refractivity (Wildman–Crippen MR) is 110 cm³/mol. The summed E-state index contributed by atoms with van der Waals surface area (Å²) < 4.78 is 12.0. The molecule has 2 aromatic rings. The van der Waals surface area contributed by atoms with Crippen molar-refractivity contribution in [3.8, 4) is 11.5 Å². The van der Waals surface area contributed by atoms with Gasteiger partial charge >= 0.3 is 5.97 Å². The Balaban J connectivity index is 1.99. The quantitative estimate of drug-likeness (QED) is 0.374. The van der Waals surface area contributed by atoms with Gasteiger partial charge < -0.3 is 31.4 Å². The standard InChI is InChI=1S/C18H24BrN5O4/c1-27-13-8-11(7-12-10-23-18(21)24-17(12)20)9-14(16(13)19)28-6-2-4-22-5-3-15(25)26/h8-10,22H,2-7H2,1H3,(H,25,26)(H4,20,21,23,24). The summed E-state index contributed by atoms with van der Waals surface area (Å²) >= 11 is 3.50. The highest BCUT2D eigenvalue weighted by atomic mass is 79.9. The van der Waals surface area contributed by atoms with Crippen molar-refractivity contribution in [1.82, 2.24) is 15.3 Å². The lowest BCUT2D eigenvalue weighted by Crippen LogP contribution is -2.20. The number of halogens is 1. The fourth-order valence-corrected chi connectivity index (χ4v) is 2.98. The van der Waals surface area contributed by atoms with Gasteiger partial charge in [0.05, 0.1) is 20.1 Å². The molecule has 0 aliphatic rings. The fraction of sp³-hybridized carbons (Fsp3) is 0.389. The number of ether oxygens (including phenoxy) is 2. The van der Waals surface area contributed by atoms with Gasteiger partial charge in [-0.25, -0.2) is 4.98 Å². The van der Waals surface area contributed by atoms with E-state index in [0.29, 0.717) is 43.4 Å². The number of carbonyl (C=O) groups is 1. The van der Waals surface area contributed by atoms with Crippen LogP contribution in [0, 0.1) is 0 Å². The normalized spacial score (nSPS) is 10.6. The van der Waals surface area contributed by atoms with E-state index in [2.05, 4.69) is 31.2 Å².